The molecule has 0 aliphatic rings. The number of hydrogen-bond acceptors (Lipinski definition) is 0. The first-order chi connectivity index (χ1) is 8.24. The molecule has 0 unspecified atom stereocenters. The summed E-state index contributed by atoms with van der Waals surface area (Å²) in [5.41, 5.74) is 0. The Kier molecular flexibility index (Phi) is 4750. The maximum Gasteiger partial charge on any atom is -0.0473 e. The zero-order valence-electron chi connectivity index (χ0n) is 12.5. The summed E-state index contributed by atoms with van der Waals surface area (Å²) in [5, 5.41) is 0. The van der Waals surface area contributed by atoms with Gasteiger partial charge in [-0.25, -0.2) is 0 Å². The Morgan fingerprint density at radius 2 is 0.412 bits per heavy atom. The molecule has 0 aromatic rings. The van der Waals surface area contributed by atoms with Crippen LogP contribution >= 0.6 is 0 Å². The summed E-state index contributed by atoms with van der Waals surface area (Å²) in [5.74, 6) is 0. The van der Waals surface area contributed by atoms with Crippen molar-refractivity contribution >= 4 is 0 Å². The van der Waals surface area contributed by atoms with Crippen LogP contribution in [-0.2, 0) is 0 Å². The largest absolute Gasteiger partial charge is 0.106 e. The van der Waals surface area contributed by atoms with Gasteiger partial charge in [0.2, 0.25) is 0 Å². The Balaban J connectivity index is -0.0000000139. The van der Waals surface area contributed by atoms with Crippen LogP contribution in [0.2, 0.25) is 0 Å². The minimum absolute atomic E-state index is 1.75. The van der Waals surface area contributed by atoms with Gasteiger partial charge >= 0.3 is 0 Å². The van der Waals surface area contributed by atoms with E-state index in [1.54, 1.807) is 18.2 Å². The molecule has 0 amide bonds. The second-order valence-corrected chi connectivity index (χ2v) is 1.22. The fourth-order valence-electron chi connectivity index (χ4n) is 0. The topological polar surface area (TPSA) is 0 Å². The van der Waals surface area contributed by atoms with Gasteiger partial charge in [0.1, 0.15) is 0 Å². The van der Waals surface area contributed by atoms with Gasteiger partial charge in [0.05, 0.1) is 0 Å². The molecule has 0 aromatic heterocycles. The average Bonchev–Trinajstić information content (AvgIpc) is 2.41. The maximum absolute atomic E-state index is 3.36. The van der Waals surface area contributed by atoms with E-state index in [2.05, 4.69) is 72.4 Å². The summed E-state index contributed by atoms with van der Waals surface area (Å²) in [6, 6.07) is 0. The molecule has 0 heterocycles. The van der Waals surface area contributed by atoms with Gasteiger partial charge in [-0.2, -0.15) is 0 Å². The van der Waals surface area contributed by atoms with Gasteiger partial charge in [-0.05, 0) is 20.8 Å². The van der Waals surface area contributed by atoms with Gasteiger partial charge in [0, 0.05) is 0 Å². The van der Waals surface area contributed by atoms with Crippen molar-refractivity contribution in [1.82, 2.24) is 0 Å². The van der Waals surface area contributed by atoms with E-state index >= 15 is 0 Å². The van der Waals surface area contributed by atoms with E-state index in [1.165, 1.54) is 0 Å². The molecule has 0 atom stereocenters. The average molecular weight is 238 g/mol. The molecule has 102 valence electrons. The first-order valence-electron chi connectivity index (χ1n) is 4.96. The summed E-state index contributed by atoms with van der Waals surface area (Å²) < 4.78 is 0. The number of rotatable bonds is 0. The Hall–Kier alpha value is -1.82. The highest BCUT2D eigenvalue weighted by Crippen LogP contribution is 1.38. The third-order valence-electron chi connectivity index (χ3n) is 0. The summed E-state index contributed by atoms with van der Waals surface area (Å²) in [4.78, 5) is 0. The lowest BCUT2D eigenvalue weighted by atomic mass is 10.8. The molecule has 0 saturated heterocycles. The van der Waals surface area contributed by atoms with Crippen LogP contribution in [0.4, 0.5) is 0 Å². The lowest BCUT2D eigenvalue weighted by Crippen LogP contribution is -1.07. The first-order valence-corrected chi connectivity index (χ1v) is 4.96. The lowest BCUT2D eigenvalue weighted by Gasteiger charge is -1.31. The Bertz CT molecular complexity index is 67.9. The molecule has 0 N–H and O–H groups in total. The highest BCUT2D eigenvalue weighted by Gasteiger charge is 1.15. The normalized spacial score (nSPS) is 3.24. The molecule has 0 aliphatic carbocycles. The molecule has 0 nitrogen and oxygen atoms in total. The molecular formula is C17H34. The van der Waals surface area contributed by atoms with Crippen LogP contribution in [0.15, 0.2) is 90.6 Å². The monoisotopic (exact) mass is 238 g/mol. The molecule has 0 rings (SSSR count). The van der Waals surface area contributed by atoms with Gasteiger partial charge in [-0.15, -0.1) is 72.4 Å². The van der Waals surface area contributed by atoms with Crippen molar-refractivity contribution in [2.24, 2.45) is 0 Å². The van der Waals surface area contributed by atoms with Crippen molar-refractivity contribution in [3.05, 3.63) is 90.6 Å². The molecule has 0 saturated carbocycles. The highest BCUT2D eigenvalue weighted by molar-refractivity contribution is 4.52. The van der Waals surface area contributed by atoms with Crippen molar-refractivity contribution in [3.8, 4) is 0 Å². The summed E-state index contributed by atoms with van der Waals surface area (Å²) in [6.45, 7) is 39.8. The summed E-state index contributed by atoms with van der Waals surface area (Å²) in [7, 11) is 0. The second kappa shape index (κ2) is 1770. The predicted octanol–water partition coefficient (Wildman–Crippen LogP) is 6.79. The third kappa shape index (κ3) is 635. The van der Waals surface area contributed by atoms with E-state index in [9.17, 15) is 0 Å². The van der Waals surface area contributed by atoms with Crippen LogP contribution in [0.25, 0.3) is 0 Å². The minimum atomic E-state index is 1.75. The van der Waals surface area contributed by atoms with Crippen molar-refractivity contribution in [3.63, 3.8) is 0 Å². The van der Waals surface area contributed by atoms with Gasteiger partial charge in [-0.1, -0.05) is 18.2 Å². The van der Waals surface area contributed by atoms with E-state index in [4.69, 9.17) is 0 Å². The fourth-order valence-corrected chi connectivity index (χ4v) is 0. The van der Waals surface area contributed by atoms with Gasteiger partial charge in [-0.3, -0.25) is 0 Å². The van der Waals surface area contributed by atoms with E-state index in [0.29, 0.717) is 0 Å². The van der Waals surface area contributed by atoms with Crippen molar-refractivity contribution in [2.75, 3.05) is 0 Å². The Morgan fingerprint density at radius 1 is 0.412 bits per heavy atom. The zero-order chi connectivity index (χ0) is 16.1. The molecule has 0 aromatic carbocycles. The van der Waals surface area contributed by atoms with Crippen LogP contribution in [0.1, 0.15) is 20.8 Å². The molecule has 0 fully saturated rings. The van der Waals surface area contributed by atoms with Crippen molar-refractivity contribution in [1.29, 1.82) is 0 Å². The Labute approximate surface area is 112 Å². The van der Waals surface area contributed by atoms with E-state index < -0.39 is 0 Å². The first kappa shape index (κ1) is 45.6. The van der Waals surface area contributed by atoms with Crippen molar-refractivity contribution < 1.29 is 0 Å². The van der Waals surface area contributed by atoms with Gasteiger partial charge in [0.25, 0.3) is 0 Å². The molecule has 17 heavy (non-hydrogen) atoms. The van der Waals surface area contributed by atoms with Crippen LogP contribution in [-0.4, -0.2) is 0 Å². The minimum Gasteiger partial charge on any atom is -0.106 e. The fraction of sp³-hybridized carbons (Fsp3) is 0.176. The second-order valence-electron chi connectivity index (χ2n) is 1.22. The van der Waals surface area contributed by atoms with Crippen LogP contribution in [0, 0.1) is 0 Å². The zero-order valence-corrected chi connectivity index (χ0v) is 12.5. The van der Waals surface area contributed by atoms with Crippen LogP contribution in [0.3, 0.4) is 0 Å². The van der Waals surface area contributed by atoms with Crippen LogP contribution < -0.4 is 0 Å². The summed E-state index contributed by atoms with van der Waals surface area (Å²) >= 11 is 0. The molecular weight excluding hydrogens is 204 g/mol. The van der Waals surface area contributed by atoms with E-state index in [-0.39, 0.29) is 0 Å². The third-order valence-corrected chi connectivity index (χ3v) is 0. The Morgan fingerprint density at radius 3 is 0.412 bits per heavy atom. The quantitative estimate of drug-likeness (QED) is 0.408. The highest BCUT2D eigenvalue weighted by atomic mass is 13.2. The van der Waals surface area contributed by atoms with Crippen molar-refractivity contribution in [2.45, 2.75) is 20.8 Å². The van der Waals surface area contributed by atoms with E-state index in [0.717, 1.165) is 0 Å². The number of hydrogen-bond donors (Lipinski definition) is 0. The standard InChI is InChI=1S/3C3H6.4C2H4/c3*1-3-2;4*1-2/h3*3H,1H2,2H3;4*1-2H2. The SMILES string of the molecule is C=C.C=C.C=C.C=C.C=CC.C=CC.C=CC. The molecule has 0 aliphatic heterocycles. The van der Waals surface area contributed by atoms with Gasteiger partial charge < -0.3 is 0 Å². The molecule has 0 heteroatoms. The van der Waals surface area contributed by atoms with E-state index in [1.807, 2.05) is 20.8 Å². The molecule has 0 bridgehead atoms. The number of allylic oxidation sites excluding steroid dienone is 3. The maximum atomic E-state index is 3.36. The van der Waals surface area contributed by atoms with Crippen LogP contribution in [0.5, 0.6) is 0 Å². The molecule has 0 radical (unpaired) electrons. The van der Waals surface area contributed by atoms with Gasteiger partial charge in [0.15, 0.2) is 0 Å². The summed E-state index contributed by atoms with van der Waals surface area (Å²) in [6.07, 6.45) is 5.25. The smallest absolute Gasteiger partial charge is 0.0473 e. The molecule has 0 spiro atoms. The lowest BCUT2D eigenvalue weighted by molar-refractivity contribution is 1.80. The predicted molar refractivity (Wildman–Crippen MR) is 92.6 cm³/mol.